The number of rotatable bonds is 4. The smallest absolute Gasteiger partial charge is 0.335 e. The van der Waals surface area contributed by atoms with Crippen molar-refractivity contribution >= 4 is 21.7 Å². The normalized spacial score (nSPS) is 15.1. The summed E-state index contributed by atoms with van der Waals surface area (Å²) in [6, 6.07) is 10.9. The van der Waals surface area contributed by atoms with Crippen molar-refractivity contribution in [3.05, 3.63) is 70.8 Å². The summed E-state index contributed by atoms with van der Waals surface area (Å²) in [5, 5.41) is 0. The van der Waals surface area contributed by atoms with E-state index in [0.717, 1.165) is 18.4 Å². The van der Waals surface area contributed by atoms with Gasteiger partial charge in [0.2, 0.25) is 0 Å². The summed E-state index contributed by atoms with van der Waals surface area (Å²) in [7, 11) is -3.25. The molecular formula is C21H21F3N2O4S. The van der Waals surface area contributed by atoms with Gasteiger partial charge in [-0.05, 0) is 29.8 Å². The van der Waals surface area contributed by atoms with Gasteiger partial charge >= 0.3 is 6.18 Å². The summed E-state index contributed by atoms with van der Waals surface area (Å²) in [5.74, 6) is -1.23. The zero-order valence-corrected chi connectivity index (χ0v) is 17.5. The summed E-state index contributed by atoms with van der Waals surface area (Å²) in [5.41, 5.74) is -0.585. The molecule has 0 spiro atoms. The molecule has 31 heavy (non-hydrogen) atoms. The highest BCUT2D eigenvalue weighted by molar-refractivity contribution is 7.89. The second kappa shape index (κ2) is 8.70. The molecule has 0 N–H and O–H groups in total. The summed E-state index contributed by atoms with van der Waals surface area (Å²) in [4.78, 5) is 28.2. The fourth-order valence-corrected chi connectivity index (χ4v) is 4.26. The highest BCUT2D eigenvalue weighted by atomic mass is 32.2. The first-order valence-electron chi connectivity index (χ1n) is 9.47. The molecule has 1 fully saturated rings. The van der Waals surface area contributed by atoms with Gasteiger partial charge in [0, 0.05) is 38.0 Å². The number of amides is 2. The number of alkyl halides is 3. The topological polar surface area (TPSA) is 74.8 Å². The molecule has 1 aliphatic heterocycles. The Morgan fingerprint density at radius 2 is 1.48 bits per heavy atom. The summed E-state index contributed by atoms with van der Waals surface area (Å²) < 4.78 is 62.6. The fourth-order valence-electron chi connectivity index (χ4n) is 3.48. The van der Waals surface area contributed by atoms with Crippen LogP contribution in [0.5, 0.6) is 0 Å². The molecule has 0 unspecified atom stereocenters. The van der Waals surface area contributed by atoms with Gasteiger partial charge in [-0.25, -0.2) is 8.42 Å². The molecule has 0 bridgehead atoms. The molecule has 0 aliphatic carbocycles. The number of hydrogen-bond acceptors (Lipinski definition) is 4. The van der Waals surface area contributed by atoms with Gasteiger partial charge in [0.15, 0.2) is 9.84 Å². The Labute approximate surface area is 178 Å². The predicted octanol–water partition coefficient (Wildman–Crippen LogP) is 2.85. The molecule has 2 aromatic rings. The number of piperazine rings is 1. The molecule has 3 rings (SSSR count). The Bertz CT molecular complexity index is 1090. The lowest BCUT2D eigenvalue weighted by Gasteiger charge is -2.35. The minimum atomic E-state index is -4.64. The second-order valence-electron chi connectivity index (χ2n) is 7.40. The van der Waals surface area contributed by atoms with Gasteiger partial charge in [-0.3, -0.25) is 9.59 Å². The molecule has 10 heteroatoms. The number of halogens is 3. The Hall–Kier alpha value is -2.88. The lowest BCUT2D eigenvalue weighted by molar-refractivity contribution is -0.138. The van der Waals surface area contributed by atoms with E-state index >= 15 is 0 Å². The second-order valence-corrected chi connectivity index (χ2v) is 9.54. The van der Waals surface area contributed by atoms with Crippen LogP contribution in [-0.2, 0) is 21.8 Å². The maximum Gasteiger partial charge on any atom is 0.417 e. The zero-order valence-electron chi connectivity index (χ0n) is 16.7. The molecule has 6 nitrogen and oxygen atoms in total. The first-order valence-corrected chi connectivity index (χ1v) is 11.5. The average molecular weight is 454 g/mol. The standard InChI is InChI=1S/C21H21F3N2O4S/c1-31(29,30)14-15-5-4-6-16(13-15)19(27)25-9-11-26(12-10-25)20(28)17-7-2-3-8-18(17)21(22,23)24/h2-8,13H,9-12,14H2,1H3. The Morgan fingerprint density at radius 1 is 0.903 bits per heavy atom. The monoisotopic (exact) mass is 454 g/mol. The van der Waals surface area contributed by atoms with Gasteiger partial charge in [-0.15, -0.1) is 0 Å². The minimum absolute atomic E-state index is 0.0970. The highest BCUT2D eigenvalue weighted by Crippen LogP contribution is 2.32. The van der Waals surface area contributed by atoms with E-state index in [1.807, 2.05) is 0 Å². The summed E-state index contributed by atoms with van der Waals surface area (Å²) in [6.45, 7) is 0.518. The van der Waals surface area contributed by atoms with Crippen LogP contribution in [0.1, 0.15) is 31.8 Å². The van der Waals surface area contributed by atoms with Crippen molar-refractivity contribution < 1.29 is 31.2 Å². The number of carbonyl (C=O) groups excluding carboxylic acids is 2. The SMILES string of the molecule is CS(=O)(=O)Cc1cccc(C(=O)N2CCN(C(=O)c3ccccc3C(F)(F)F)CC2)c1. The molecule has 0 aromatic heterocycles. The Balaban J connectivity index is 1.68. The van der Waals surface area contributed by atoms with Crippen LogP contribution >= 0.6 is 0 Å². The van der Waals surface area contributed by atoms with Gasteiger partial charge < -0.3 is 9.80 Å². The Morgan fingerprint density at radius 3 is 2.06 bits per heavy atom. The van der Waals surface area contributed by atoms with Crippen molar-refractivity contribution in [2.45, 2.75) is 11.9 Å². The number of hydrogen-bond donors (Lipinski definition) is 0. The molecule has 1 aliphatic rings. The predicted molar refractivity (Wildman–Crippen MR) is 108 cm³/mol. The van der Waals surface area contributed by atoms with Crippen molar-refractivity contribution in [1.82, 2.24) is 9.80 Å². The van der Waals surface area contributed by atoms with E-state index in [1.165, 1.54) is 28.0 Å². The number of sulfone groups is 1. The van der Waals surface area contributed by atoms with Crippen LogP contribution in [0.15, 0.2) is 48.5 Å². The van der Waals surface area contributed by atoms with E-state index in [2.05, 4.69) is 0 Å². The van der Waals surface area contributed by atoms with Crippen molar-refractivity contribution in [2.24, 2.45) is 0 Å². The van der Waals surface area contributed by atoms with Crippen LogP contribution in [-0.4, -0.2) is 62.5 Å². The molecule has 166 valence electrons. The van der Waals surface area contributed by atoms with Crippen LogP contribution in [0.3, 0.4) is 0 Å². The van der Waals surface area contributed by atoms with E-state index in [9.17, 15) is 31.2 Å². The van der Waals surface area contributed by atoms with Crippen LogP contribution in [0.2, 0.25) is 0 Å². The van der Waals surface area contributed by atoms with E-state index < -0.39 is 33.0 Å². The largest absolute Gasteiger partial charge is 0.417 e. The van der Waals surface area contributed by atoms with Gasteiger partial charge in [-0.2, -0.15) is 13.2 Å². The van der Waals surface area contributed by atoms with Crippen LogP contribution in [0, 0.1) is 0 Å². The fraction of sp³-hybridized carbons (Fsp3) is 0.333. The third-order valence-corrected chi connectivity index (χ3v) is 5.78. The van der Waals surface area contributed by atoms with Gasteiger partial charge in [0.05, 0.1) is 16.9 Å². The highest BCUT2D eigenvalue weighted by Gasteiger charge is 2.36. The third kappa shape index (κ3) is 5.63. The van der Waals surface area contributed by atoms with Crippen LogP contribution in [0.25, 0.3) is 0 Å². The zero-order chi connectivity index (χ0) is 22.8. The van der Waals surface area contributed by atoms with Gasteiger partial charge in [-0.1, -0.05) is 24.3 Å². The number of nitrogens with zero attached hydrogens (tertiary/aromatic N) is 2. The van der Waals surface area contributed by atoms with Gasteiger partial charge in [0.1, 0.15) is 0 Å². The third-order valence-electron chi connectivity index (χ3n) is 4.92. The lowest BCUT2D eigenvalue weighted by Crippen LogP contribution is -2.50. The first kappa shape index (κ1) is 22.8. The van der Waals surface area contributed by atoms with E-state index in [0.29, 0.717) is 11.1 Å². The molecule has 2 aromatic carbocycles. The first-order chi connectivity index (χ1) is 14.5. The van der Waals surface area contributed by atoms with E-state index in [1.54, 1.807) is 18.2 Å². The van der Waals surface area contributed by atoms with Crippen molar-refractivity contribution in [1.29, 1.82) is 0 Å². The molecule has 0 radical (unpaired) electrons. The van der Waals surface area contributed by atoms with Crippen molar-refractivity contribution in [2.75, 3.05) is 32.4 Å². The van der Waals surface area contributed by atoms with E-state index in [-0.39, 0.29) is 37.8 Å². The minimum Gasteiger partial charge on any atom is -0.335 e. The van der Waals surface area contributed by atoms with Crippen molar-refractivity contribution in [3.63, 3.8) is 0 Å². The molecule has 2 amide bonds. The number of benzene rings is 2. The van der Waals surface area contributed by atoms with Crippen LogP contribution < -0.4 is 0 Å². The summed E-state index contributed by atoms with van der Waals surface area (Å²) in [6.07, 6.45) is -3.53. The maximum atomic E-state index is 13.2. The van der Waals surface area contributed by atoms with Crippen molar-refractivity contribution in [3.8, 4) is 0 Å². The summed E-state index contributed by atoms with van der Waals surface area (Å²) >= 11 is 0. The molecule has 1 saturated heterocycles. The van der Waals surface area contributed by atoms with Gasteiger partial charge in [0.25, 0.3) is 11.8 Å². The lowest BCUT2D eigenvalue weighted by atomic mass is 10.1. The quantitative estimate of drug-likeness (QED) is 0.712. The van der Waals surface area contributed by atoms with E-state index in [4.69, 9.17) is 0 Å². The molecular weight excluding hydrogens is 433 g/mol. The maximum absolute atomic E-state index is 13.2. The molecule has 1 heterocycles. The number of carbonyl (C=O) groups is 2. The molecule has 0 saturated carbocycles. The average Bonchev–Trinajstić information content (AvgIpc) is 2.71. The Kier molecular flexibility index (Phi) is 6.40. The molecule has 0 atom stereocenters. The van der Waals surface area contributed by atoms with Crippen LogP contribution in [0.4, 0.5) is 13.2 Å².